The second kappa shape index (κ2) is 14.2. The smallest absolute Gasteiger partial charge is 0.341 e. The fourth-order valence-corrected chi connectivity index (χ4v) is 4.65. The van der Waals surface area contributed by atoms with Crippen molar-refractivity contribution in [3.63, 3.8) is 0 Å². The quantitative estimate of drug-likeness (QED) is 0.305. The van der Waals surface area contributed by atoms with E-state index in [1.807, 2.05) is 0 Å². The summed E-state index contributed by atoms with van der Waals surface area (Å²) >= 11 is 0. The van der Waals surface area contributed by atoms with Crippen LogP contribution in [0, 0.1) is 5.92 Å². The largest absolute Gasteiger partial charge is 0.492 e. The molecular weight excluding hydrogens is 502 g/mol. The summed E-state index contributed by atoms with van der Waals surface area (Å²) in [7, 11) is 0. The number of rotatable bonds is 13. The third-order valence-corrected chi connectivity index (χ3v) is 6.75. The molecule has 0 radical (unpaired) electrons. The Kier molecular flexibility index (Phi) is 10.7. The van der Waals surface area contributed by atoms with Crippen molar-refractivity contribution in [1.82, 2.24) is 10.6 Å². The van der Waals surface area contributed by atoms with Gasteiger partial charge in [0.2, 0.25) is 11.8 Å². The lowest BCUT2D eigenvalue weighted by atomic mass is 9.90. The Hall–Kier alpha value is -4.08. The van der Waals surface area contributed by atoms with E-state index in [9.17, 15) is 19.2 Å². The van der Waals surface area contributed by atoms with Gasteiger partial charge in [0.15, 0.2) is 6.61 Å². The Morgan fingerprint density at radius 2 is 1.69 bits per heavy atom. The van der Waals surface area contributed by atoms with Crippen molar-refractivity contribution in [1.29, 1.82) is 0 Å². The second-order valence-electron chi connectivity index (χ2n) is 9.95. The number of carboxylic acid groups (broad SMARTS) is 1. The van der Waals surface area contributed by atoms with Crippen molar-refractivity contribution in [2.75, 3.05) is 13.2 Å². The van der Waals surface area contributed by atoms with Gasteiger partial charge >= 0.3 is 5.97 Å². The van der Waals surface area contributed by atoms with E-state index in [1.165, 1.54) is 26.2 Å². The summed E-state index contributed by atoms with van der Waals surface area (Å²) in [6, 6.07) is 10.4. The normalized spacial score (nSPS) is 15.0. The zero-order chi connectivity index (χ0) is 28.4. The summed E-state index contributed by atoms with van der Waals surface area (Å²) in [6.45, 7) is 3.19. The topological polar surface area (TPSA) is 157 Å². The van der Waals surface area contributed by atoms with E-state index in [1.54, 1.807) is 49.4 Å². The van der Waals surface area contributed by atoms with E-state index >= 15 is 0 Å². The summed E-state index contributed by atoms with van der Waals surface area (Å²) in [6.07, 6.45) is 6.08. The third-order valence-electron chi connectivity index (χ3n) is 6.75. The molecular formula is C29H37N3O7. The van der Waals surface area contributed by atoms with Crippen molar-refractivity contribution >= 4 is 23.7 Å². The van der Waals surface area contributed by atoms with Crippen LogP contribution in [0.25, 0.3) is 0 Å². The first-order valence-electron chi connectivity index (χ1n) is 13.2. The van der Waals surface area contributed by atoms with E-state index < -0.39 is 36.5 Å². The Bertz CT molecular complexity index is 1160. The predicted molar refractivity (Wildman–Crippen MR) is 144 cm³/mol. The molecule has 1 aliphatic carbocycles. The van der Waals surface area contributed by atoms with Gasteiger partial charge in [-0.05, 0) is 61.1 Å². The van der Waals surface area contributed by atoms with Gasteiger partial charge in [0.05, 0.1) is 18.2 Å². The molecule has 0 spiro atoms. The molecule has 1 aliphatic rings. The molecule has 0 bridgehead atoms. The Balaban J connectivity index is 1.66. The lowest BCUT2D eigenvalue weighted by Gasteiger charge is -2.23. The number of carboxylic acids is 1. The maximum absolute atomic E-state index is 13.1. The third kappa shape index (κ3) is 9.31. The molecule has 3 rings (SSSR count). The van der Waals surface area contributed by atoms with Crippen LogP contribution in [0.3, 0.4) is 0 Å². The molecule has 1 fully saturated rings. The van der Waals surface area contributed by atoms with Crippen molar-refractivity contribution in [3.05, 3.63) is 59.2 Å². The van der Waals surface area contributed by atoms with Crippen LogP contribution in [0.5, 0.6) is 11.5 Å². The zero-order valence-electron chi connectivity index (χ0n) is 22.4. The number of nitrogens with one attached hydrogen (secondary N) is 2. The van der Waals surface area contributed by atoms with Gasteiger partial charge in [-0.2, -0.15) is 0 Å². The van der Waals surface area contributed by atoms with E-state index in [0.29, 0.717) is 29.6 Å². The lowest BCUT2D eigenvalue weighted by molar-refractivity contribution is -0.139. The summed E-state index contributed by atoms with van der Waals surface area (Å²) in [5.41, 5.74) is 7.31. The standard InChI is InChI=1S/C29H37N3O7/c1-18(22-10-13-26(24(15-22)28(30)36)39-16-21-6-4-3-5-7-21)31-29(37)25(32-19(2)33)14-20-8-11-23(12-9-20)38-17-27(34)35/h8-13,15,18,21,25H,3-7,14,16-17H2,1-2H3,(H2,30,36)(H,31,37)(H,32,33)(H,34,35)/t18-,25-/m0/s1. The SMILES string of the molecule is CC(=O)N[C@@H](Cc1ccc(OCC(=O)O)cc1)C(=O)N[C@@H](C)c1ccc(OCC2CCCCC2)c(C(N)=O)c1. The first kappa shape index (κ1) is 29.5. The van der Waals surface area contributed by atoms with Gasteiger partial charge in [0.1, 0.15) is 17.5 Å². The highest BCUT2D eigenvalue weighted by Gasteiger charge is 2.23. The van der Waals surface area contributed by atoms with Crippen LogP contribution < -0.4 is 25.8 Å². The highest BCUT2D eigenvalue weighted by Crippen LogP contribution is 2.28. The van der Waals surface area contributed by atoms with Crippen molar-refractivity contribution < 1.29 is 33.8 Å². The average molecular weight is 540 g/mol. The van der Waals surface area contributed by atoms with Gasteiger partial charge in [0, 0.05) is 13.3 Å². The monoisotopic (exact) mass is 539 g/mol. The molecule has 2 atom stereocenters. The van der Waals surface area contributed by atoms with E-state index in [-0.39, 0.29) is 17.9 Å². The van der Waals surface area contributed by atoms with Crippen LogP contribution in [0.15, 0.2) is 42.5 Å². The number of primary amides is 1. The summed E-state index contributed by atoms with van der Waals surface area (Å²) in [4.78, 5) is 47.8. The number of amides is 3. The Morgan fingerprint density at radius 1 is 1.00 bits per heavy atom. The summed E-state index contributed by atoms with van der Waals surface area (Å²) in [5, 5.41) is 14.3. The van der Waals surface area contributed by atoms with Gasteiger partial charge in [-0.15, -0.1) is 0 Å². The average Bonchev–Trinajstić information content (AvgIpc) is 2.91. The van der Waals surface area contributed by atoms with Crippen LogP contribution in [-0.2, 0) is 20.8 Å². The maximum atomic E-state index is 13.1. The number of hydrogen-bond donors (Lipinski definition) is 4. The Labute approximate surface area is 228 Å². The predicted octanol–water partition coefficient (Wildman–Crippen LogP) is 3.13. The number of aliphatic carboxylic acids is 1. The highest BCUT2D eigenvalue weighted by atomic mass is 16.5. The highest BCUT2D eigenvalue weighted by molar-refractivity contribution is 5.96. The number of carbonyl (C=O) groups excluding carboxylic acids is 3. The van der Waals surface area contributed by atoms with E-state index in [4.69, 9.17) is 20.3 Å². The van der Waals surface area contributed by atoms with Crippen LogP contribution in [0.2, 0.25) is 0 Å². The number of hydrogen-bond acceptors (Lipinski definition) is 6. The lowest BCUT2D eigenvalue weighted by Crippen LogP contribution is -2.48. The van der Waals surface area contributed by atoms with E-state index in [2.05, 4.69) is 10.6 Å². The van der Waals surface area contributed by atoms with Crippen LogP contribution >= 0.6 is 0 Å². The van der Waals surface area contributed by atoms with Gasteiger partial charge < -0.3 is 30.9 Å². The van der Waals surface area contributed by atoms with E-state index in [0.717, 1.165) is 18.4 Å². The number of carbonyl (C=O) groups is 4. The maximum Gasteiger partial charge on any atom is 0.341 e. The fourth-order valence-electron chi connectivity index (χ4n) is 4.65. The van der Waals surface area contributed by atoms with Crippen molar-refractivity contribution in [3.8, 4) is 11.5 Å². The number of nitrogens with two attached hydrogens (primary N) is 1. The minimum absolute atomic E-state index is 0.206. The fraction of sp³-hybridized carbons (Fsp3) is 0.448. The number of ether oxygens (including phenoxy) is 2. The van der Waals surface area contributed by atoms with Crippen LogP contribution in [0.4, 0.5) is 0 Å². The molecule has 0 aromatic heterocycles. The van der Waals surface area contributed by atoms with Gasteiger partial charge in [-0.3, -0.25) is 14.4 Å². The zero-order valence-corrected chi connectivity index (χ0v) is 22.4. The van der Waals surface area contributed by atoms with Crippen LogP contribution in [0.1, 0.15) is 73.5 Å². The molecule has 2 aromatic rings. The molecule has 210 valence electrons. The first-order valence-corrected chi connectivity index (χ1v) is 13.2. The second-order valence-corrected chi connectivity index (χ2v) is 9.95. The minimum Gasteiger partial charge on any atom is -0.492 e. The van der Waals surface area contributed by atoms with Gasteiger partial charge in [-0.25, -0.2) is 4.79 Å². The molecule has 1 saturated carbocycles. The molecule has 39 heavy (non-hydrogen) atoms. The molecule has 0 aliphatic heterocycles. The first-order chi connectivity index (χ1) is 18.6. The molecule has 10 nitrogen and oxygen atoms in total. The molecule has 0 unspecified atom stereocenters. The van der Waals surface area contributed by atoms with Gasteiger partial charge in [0.25, 0.3) is 5.91 Å². The van der Waals surface area contributed by atoms with Crippen LogP contribution in [-0.4, -0.2) is 48.1 Å². The molecule has 0 saturated heterocycles. The number of benzene rings is 2. The summed E-state index contributed by atoms with van der Waals surface area (Å²) < 4.78 is 11.1. The molecule has 5 N–H and O–H groups in total. The molecule has 0 heterocycles. The minimum atomic E-state index is -1.08. The molecule has 3 amide bonds. The van der Waals surface area contributed by atoms with Crippen molar-refractivity contribution in [2.24, 2.45) is 11.7 Å². The van der Waals surface area contributed by atoms with Crippen molar-refractivity contribution in [2.45, 2.75) is 64.5 Å². The Morgan fingerprint density at radius 3 is 2.31 bits per heavy atom. The molecule has 10 heteroatoms. The van der Waals surface area contributed by atoms with Gasteiger partial charge in [-0.1, -0.05) is 37.5 Å². The molecule has 2 aromatic carbocycles. The summed E-state index contributed by atoms with van der Waals surface area (Å²) in [5.74, 6) is -1.17.